The maximum Gasteiger partial charge on any atom is 0.200 e. The molecule has 0 radical (unpaired) electrons. The molecular weight excluding hydrogens is 311 g/mol. The largest absolute Gasteiger partial charge is 0.389 e. The fraction of sp³-hybridized carbons (Fsp3) is 0. The number of hydrogen-bond acceptors (Lipinski definition) is 2. The lowest BCUT2D eigenvalue weighted by Crippen LogP contribution is -2.09. The van der Waals surface area contributed by atoms with Crippen LogP contribution < -0.4 is 11.1 Å². The molecule has 0 aliphatic carbocycles. The zero-order valence-electron chi connectivity index (χ0n) is 10.2. The van der Waals surface area contributed by atoms with Crippen molar-refractivity contribution in [3.8, 4) is 0 Å². The molecule has 0 spiro atoms. The molecule has 2 rings (SSSR count). The van der Waals surface area contributed by atoms with E-state index in [0.29, 0.717) is 5.56 Å². The van der Waals surface area contributed by atoms with Crippen molar-refractivity contribution in [2.24, 2.45) is 5.73 Å². The van der Waals surface area contributed by atoms with Crippen LogP contribution in [0.15, 0.2) is 24.3 Å². The van der Waals surface area contributed by atoms with Gasteiger partial charge in [0.2, 0.25) is 5.82 Å². The average Bonchev–Trinajstić information content (AvgIpc) is 2.48. The first-order chi connectivity index (χ1) is 9.82. The molecule has 0 aliphatic heterocycles. The van der Waals surface area contributed by atoms with Crippen LogP contribution in [0.1, 0.15) is 5.56 Å². The van der Waals surface area contributed by atoms with Gasteiger partial charge in [0.05, 0.1) is 0 Å². The molecule has 0 unspecified atom stereocenters. The molecule has 0 amide bonds. The van der Waals surface area contributed by atoms with Crippen molar-refractivity contribution < 1.29 is 22.0 Å². The van der Waals surface area contributed by atoms with Crippen molar-refractivity contribution in [1.82, 2.24) is 0 Å². The fourth-order valence-corrected chi connectivity index (χ4v) is 1.71. The van der Waals surface area contributed by atoms with Crippen molar-refractivity contribution in [1.29, 1.82) is 0 Å². The number of benzene rings is 2. The van der Waals surface area contributed by atoms with Crippen LogP contribution >= 0.6 is 12.2 Å². The van der Waals surface area contributed by atoms with Crippen molar-refractivity contribution in [2.45, 2.75) is 0 Å². The Hall–Kier alpha value is -2.22. The summed E-state index contributed by atoms with van der Waals surface area (Å²) < 4.78 is 65.9. The van der Waals surface area contributed by atoms with Gasteiger partial charge in [-0.3, -0.25) is 0 Å². The Kier molecular flexibility index (Phi) is 4.08. The maximum atomic E-state index is 13.5. The second-order valence-corrected chi connectivity index (χ2v) is 4.45. The van der Waals surface area contributed by atoms with Crippen LogP contribution in [0.5, 0.6) is 0 Å². The zero-order valence-corrected chi connectivity index (χ0v) is 11.0. The monoisotopic (exact) mass is 318 g/mol. The van der Waals surface area contributed by atoms with Crippen LogP contribution in [0.4, 0.5) is 33.3 Å². The molecule has 2 aromatic rings. The molecule has 3 N–H and O–H groups in total. The van der Waals surface area contributed by atoms with Gasteiger partial charge in [-0.25, -0.2) is 22.0 Å². The summed E-state index contributed by atoms with van der Waals surface area (Å²) in [4.78, 5) is 0.109. The molecular formula is C13H7F5N2S. The standard InChI is InChI=1S/C13H7F5N2S/c14-7-8(15)10(17)12(11(18)9(7)16)20-6-3-1-5(2-4-6)13(19)21/h1-4,20H,(H2,19,21). The van der Waals surface area contributed by atoms with Crippen molar-refractivity contribution in [3.63, 3.8) is 0 Å². The summed E-state index contributed by atoms with van der Waals surface area (Å²) in [5.41, 5.74) is 4.84. The second-order valence-electron chi connectivity index (χ2n) is 4.01. The minimum Gasteiger partial charge on any atom is -0.389 e. The highest BCUT2D eigenvalue weighted by Crippen LogP contribution is 2.29. The molecule has 8 heteroatoms. The maximum absolute atomic E-state index is 13.5. The van der Waals surface area contributed by atoms with E-state index in [2.05, 4.69) is 5.32 Å². The van der Waals surface area contributed by atoms with Gasteiger partial charge in [-0.15, -0.1) is 0 Å². The molecule has 2 aromatic carbocycles. The highest BCUT2D eigenvalue weighted by atomic mass is 32.1. The number of nitrogens with two attached hydrogens (primary N) is 1. The van der Waals surface area contributed by atoms with Gasteiger partial charge in [-0.1, -0.05) is 12.2 Å². The molecule has 0 heterocycles. The molecule has 2 nitrogen and oxygen atoms in total. The quantitative estimate of drug-likeness (QED) is 0.392. The summed E-state index contributed by atoms with van der Waals surface area (Å²) in [7, 11) is 0. The number of nitrogens with one attached hydrogen (secondary N) is 1. The van der Waals surface area contributed by atoms with E-state index in [-0.39, 0.29) is 10.7 Å². The van der Waals surface area contributed by atoms with E-state index < -0.39 is 34.8 Å². The Labute approximate surface area is 121 Å². The summed E-state index contributed by atoms with van der Waals surface area (Å²) in [5.74, 6) is -10.1. The molecule has 0 aliphatic rings. The van der Waals surface area contributed by atoms with Crippen molar-refractivity contribution in [2.75, 3.05) is 5.32 Å². The number of halogens is 5. The van der Waals surface area contributed by atoms with Crippen LogP contribution in [-0.2, 0) is 0 Å². The molecule has 0 saturated carbocycles. The van der Waals surface area contributed by atoms with E-state index in [0.717, 1.165) is 0 Å². The van der Waals surface area contributed by atoms with Crippen molar-refractivity contribution >= 4 is 28.6 Å². The second kappa shape index (κ2) is 5.65. The van der Waals surface area contributed by atoms with Gasteiger partial charge in [0.1, 0.15) is 10.7 Å². The number of hydrogen-bond donors (Lipinski definition) is 2. The van der Waals surface area contributed by atoms with Gasteiger partial charge >= 0.3 is 0 Å². The van der Waals surface area contributed by atoms with Crippen LogP contribution in [0.3, 0.4) is 0 Å². The summed E-state index contributed by atoms with van der Waals surface area (Å²) in [5, 5.41) is 2.13. The zero-order chi connectivity index (χ0) is 15.7. The topological polar surface area (TPSA) is 38.0 Å². The SMILES string of the molecule is NC(=S)c1ccc(Nc2c(F)c(F)c(F)c(F)c2F)cc1. The van der Waals surface area contributed by atoms with E-state index in [4.69, 9.17) is 18.0 Å². The van der Waals surface area contributed by atoms with Crippen LogP contribution in [0.2, 0.25) is 0 Å². The van der Waals surface area contributed by atoms with E-state index in [9.17, 15) is 22.0 Å². The third-order valence-corrected chi connectivity index (χ3v) is 2.88. The molecule has 0 aromatic heterocycles. The molecule has 0 fully saturated rings. The predicted octanol–water partition coefficient (Wildman–Crippen LogP) is 3.76. The first-order valence-corrected chi connectivity index (χ1v) is 5.92. The molecule has 0 atom stereocenters. The highest BCUT2D eigenvalue weighted by Gasteiger charge is 2.25. The molecule has 0 bridgehead atoms. The smallest absolute Gasteiger partial charge is 0.200 e. The molecule has 0 saturated heterocycles. The normalized spacial score (nSPS) is 10.5. The van der Waals surface area contributed by atoms with Gasteiger partial charge in [-0.2, -0.15) is 0 Å². The number of rotatable bonds is 3. The summed E-state index contributed by atoms with van der Waals surface area (Å²) >= 11 is 4.72. The van der Waals surface area contributed by atoms with E-state index in [1.54, 1.807) is 0 Å². The van der Waals surface area contributed by atoms with Crippen LogP contribution in [-0.4, -0.2) is 4.99 Å². The first kappa shape index (κ1) is 15.2. The van der Waals surface area contributed by atoms with E-state index in [1.807, 2.05) is 0 Å². The van der Waals surface area contributed by atoms with Gasteiger partial charge < -0.3 is 11.1 Å². The number of anilines is 2. The van der Waals surface area contributed by atoms with Crippen LogP contribution in [0, 0.1) is 29.1 Å². The average molecular weight is 318 g/mol. The Balaban J connectivity index is 2.42. The molecule has 21 heavy (non-hydrogen) atoms. The van der Waals surface area contributed by atoms with Gasteiger partial charge in [-0.05, 0) is 24.3 Å². The fourth-order valence-electron chi connectivity index (χ4n) is 1.58. The van der Waals surface area contributed by atoms with Gasteiger partial charge in [0, 0.05) is 11.3 Å². The number of thiocarbonyl (C=S) groups is 1. The van der Waals surface area contributed by atoms with Gasteiger partial charge in [0.25, 0.3) is 0 Å². The van der Waals surface area contributed by atoms with Crippen LogP contribution in [0.25, 0.3) is 0 Å². The Morgan fingerprint density at radius 3 is 1.67 bits per heavy atom. The minimum atomic E-state index is -2.21. The third kappa shape index (κ3) is 2.80. The third-order valence-electron chi connectivity index (χ3n) is 2.65. The summed E-state index contributed by atoms with van der Waals surface area (Å²) in [6.45, 7) is 0. The lowest BCUT2D eigenvalue weighted by atomic mass is 10.2. The first-order valence-electron chi connectivity index (χ1n) is 5.51. The predicted molar refractivity (Wildman–Crippen MR) is 71.8 cm³/mol. The highest BCUT2D eigenvalue weighted by molar-refractivity contribution is 7.80. The van der Waals surface area contributed by atoms with Crippen molar-refractivity contribution in [3.05, 3.63) is 58.9 Å². The van der Waals surface area contributed by atoms with Gasteiger partial charge in [0.15, 0.2) is 23.3 Å². The summed E-state index contributed by atoms with van der Waals surface area (Å²) in [6.07, 6.45) is 0. The van der Waals surface area contributed by atoms with E-state index in [1.165, 1.54) is 24.3 Å². The Bertz CT molecular complexity index is 686. The molecule has 110 valence electrons. The lowest BCUT2D eigenvalue weighted by Gasteiger charge is -2.11. The lowest BCUT2D eigenvalue weighted by molar-refractivity contribution is 0.382. The summed E-state index contributed by atoms with van der Waals surface area (Å²) in [6, 6.07) is 5.56. The minimum absolute atomic E-state index is 0.109. The Morgan fingerprint density at radius 2 is 1.24 bits per heavy atom. The Morgan fingerprint density at radius 1 is 0.810 bits per heavy atom. The van der Waals surface area contributed by atoms with E-state index >= 15 is 0 Å².